The van der Waals surface area contributed by atoms with E-state index in [9.17, 15) is 9.90 Å². The lowest BCUT2D eigenvalue weighted by Crippen LogP contribution is -2.44. The third-order valence-corrected chi connectivity index (χ3v) is 5.41. The summed E-state index contributed by atoms with van der Waals surface area (Å²) >= 11 is 0. The van der Waals surface area contributed by atoms with Crippen LogP contribution in [0.15, 0.2) is 24.3 Å². The molecule has 0 bridgehead atoms. The molecule has 23 heavy (non-hydrogen) atoms. The first-order valence-electron chi connectivity index (χ1n) is 8.57. The van der Waals surface area contributed by atoms with Gasteiger partial charge in [0.05, 0.1) is 7.11 Å². The predicted molar refractivity (Wildman–Crippen MR) is 91.6 cm³/mol. The van der Waals surface area contributed by atoms with Crippen LogP contribution in [0.2, 0.25) is 0 Å². The maximum Gasteiger partial charge on any atom is 0.223 e. The minimum Gasteiger partial charge on any atom is -0.496 e. The summed E-state index contributed by atoms with van der Waals surface area (Å²) in [4.78, 5) is 14.5. The van der Waals surface area contributed by atoms with Gasteiger partial charge in [-0.3, -0.25) is 4.79 Å². The molecule has 2 rings (SSSR count). The highest BCUT2D eigenvalue weighted by atomic mass is 16.5. The quantitative estimate of drug-likeness (QED) is 0.876. The molecule has 0 spiro atoms. The molecule has 1 N–H and O–H groups in total. The Morgan fingerprint density at radius 1 is 1.35 bits per heavy atom. The number of rotatable bonds is 6. The zero-order valence-electron chi connectivity index (χ0n) is 14.5. The Morgan fingerprint density at radius 2 is 2.00 bits per heavy atom. The first-order chi connectivity index (χ1) is 11.0. The number of likely N-dealkylation sites (tertiary alicyclic amines) is 1. The number of para-hydroxylation sites is 1. The smallest absolute Gasteiger partial charge is 0.223 e. The highest BCUT2D eigenvalue weighted by Crippen LogP contribution is 2.35. The fourth-order valence-corrected chi connectivity index (χ4v) is 3.43. The molecule has 1 aliphatic rings. The predicted octanol–water partition coefficient (Wildman–Crippen LogP) is 3.20. The van der Waals surface area contributed by atoms with Gasteiger partial charge in [-0.05, 0) is 42.2 Å². The lowest BCUT2D eigenvalue weighted by molar-refractivity contribution is -0.134. The monoisotopic (exact) mass is 319 g/mol. The van der Waals surface area contributed by atoms with Crippen molar-refractivity contribution >= 4 is 5.91 Å². The molecule has 1 aromatic carbocycles. The molecule has 128 valence electrons. The largest absolute Gasteiger partial charge is 0.496 e. The van der Waals surface area contributed by atoms with E-state index in [1.165, 1.54) is 0 Å². The summed E-state index contributed by atoms with van der Waals surface area (Å²) in [6.07, 6.45) is 3.27. The van der Waals surface area contributed by atoms with Crippen LogP contribution in [0.4, 0.5) is 0 Å². The molecule has 0 aromatic heterocycles. The van der Waals surface area contributed by atoms with E-state index in [1.807, 2.05) is 29.2 Å². The number of hydrogen-bond donors (Lipinski definition) is 1. The normalized spacial score (nSPS) is 18.5. The second-order valence-corrected chi connectivity index (χ2v) is 6.74. The lowest BCUT2D eigenvalue weighted by atomic mass is 9.77. The van der Waals surface area contributed by atoms with Gasteiger partial charge in [0.2, 0.25) is 5.91 Å². The van der Waals surface area contributed by atoms with Gasteiger partial charge in [0.25, 0.3) is 0 Å². The van der Waals surface area contributed by atoms with Crippen LogP contribution < -0.4 is 4.74 Å². The maximum atomic E-state index is 12.6. The minimum atomic E-state index is 0.0189. The molecule has 1 fully saturated rings. The lowest BCUT2D eigenvalue weighted by Gasteiger charge is -2.40. The van der Waals surface area contributed by atoms with Gasteiger partial charge < -0.3 is 14.7 Å². The Hall–Kier alpha value is -1.55. The zero-order valence-corrected chi connectivity index (χ0v) is 14.5. The molecule has 1 unspecified atom stereocenters. The van der Waals surface area contributed by atoms with E-state index in [1.54, 1.807) is 7.11 Å². The van der Waals surface area contributed by atoms with Crippen LogP contribution in [0.3, 0.4) is 0 Å². The number of aliphatic hydroxyl groups is 1. The first kappa shape index (κ1) is 17.8. The Morgan fingerprint density at radius 3 is 2.57 bits per heavy atom. The summed E-state index contributed by atoms with van der Waals surface area (Å²) in [6.45, 7) is 5.93. The van der Waals surface area contributed by atoms with Gasteiger partial charge in [0.1, 0.15) is 5.75 Å². The van der Waals surface area contributed by atoms with Crippen LogP contribution in [-0.2, 0) is 4.79 Å². The third kappa shape index (κ3) is 4.05. The number of aliphatic hydroxyl groups excluding tert-OH is 1. The standard InChI is InChI=1S/C19H29NO3/c1-4-19(14-21)9-11-20(12-10-19)18(22)13-15(2)16-7-5-6-8-17(16)23-3/h5-8,15,21H,4,9-14H2,1-3H3. The second-order valence-electron chi connectivity index (χ2n) is 6.74. The minimum absolute atomic E-state index is 0.0189. The average Bonchev–Trinajstić information content (AvgIpc) is 2.61. The molecular weight excluding hydrogens is 290 g/mol. The van der Waals surface area contributed by atoms with Crippen molar-refractivity contribution in [2.45, 2.75) is 45.4 Å². The number of hydrogen-bond acceptors (Lipinski definition) is 3. The highest BCUT2D eigenvalue weighted by molar-refractivity contribution is 5.77. The number of benzene rings is 1. The summed E-state index contributed by atoms with van der Waals surface area (Å²) in [5.41, 5.74) is 1.10. The molecule has 1 saturated heterocycles. The van der Waals surface area contributed by atoms with E-state index in [4.69, 9.17) is 4.74 Å². The van der Waals surface area contributed by atoms with E-state index in [-0.39, 0.29) is 23.8 Å². The molecule has 0 aliphatic carbocycles. The zero-order chi connectivity index (χ0) is 16.9. The summed E-state index contributed by atoms with van der Waals surface area (Å²) in [6, 6.07) is 7.90. The molecule has 1 heterocycles. The number of nitrogens with zero attached hydrogens (tertiary/aromatic N) is 1. The van der Waals surface area contributed by atoms with Crippen molar-refractivity contribution in [2.24, 2.45) is 5.41 Å². The van der Waals surface area contributed by atoms with E-state index < -0.39 is 0 Å². The molecule has 1 aromatic rings. The first-order valence-corrected chi connectivity index (χ1v) is 8.57. The number of carbonyl (C=O) groups excluding carboxylic acids is 1. The van der Waals surface area contributed by atoms with Gasteiger partial charge in [0.15, 0.2) is 0 Å². The van der Waals surface area contributed by atoms with E-state index in [2.05, 4.69) is 13.8 Å². The molecule has 1 amide bonds. The topological polar surface area (TPSA) is 49.8 Å². The van der Waals surface area contributed by atoms with Crippen LogP contribution in [0, 0.1) is 5.41 Å². The molecule has 4 heteroatoms. The van der Waals surface area contributed by atoms with Crippen LogP contribution in [-0.4, -0.2) is 42.7 Å². The fourth-order valence-electron chi connectivity index (χ4n) is 3.43. The van der Waals surface area contributed by atoms with E-state index in [0.717, 1.165) is 43.7 Å². The maximum absolute atomic E-state index is 12.6. The summed E-state index contributed by atoms with van der Waals surface area (Å²) in [5, 5.41) is 9.60. The van der Waals surface area contributed by atoms with Crippen molar-refractivity contribution in [3.05, 3.63) is 29.8 Å². The number of methoxy groups -OCH3 is 1. The van der Waals surface area contributed by atoms with Crippen LogP contribution in [0.1, 0.15) is 51.0 Å². The van der Waals surface area contributed by atoms with Crippen molar-refractivity contribution in [1.82, 2.24) is 4.90 Å². The Kier molecular flexibility index (Phi) is 6.05. The Labute approximate surface area is 139 Å². The van der Waals surface area contributed by atoms with Gasteiger partial charge in [0, 0.05) is 26.1 Å². The molecule has 1 aliphatic heterocycles. The van der Waals surface area contributed by atoms with Crippen molar-refractivity contribution in [2.75, 3.05) is 26.8 Å². The summed E-state index contributed by atoms with van der Waals surface area (Å²) < 4.78 is 5.40. The summed E-state index contributed by atoms with van der Waals surface area (Å²) in [7, 11) is 1.66. The van der Waals surface area contributed by atoms with Crippen LogP contribution >= 0.6 is 0 Å². The Balaban J connectivity index is 1.95. The molecule has 4 nitrogen and oxygen atoms in total. The number of carbonyl (C=O) groups is 1. The molecule has 0 radical (unpaired) electrons. The Bertz CT molecular complexity index is 515. The molecular formula is C19H29NO3. The van der Waals surface area contributed by atoms with E-state index in [0.29, 0.717) is 6.42 Å². The number of ether oxygens (including phenoxy) is 1. The summed E-state index contributed by atoms with van der Waals surface area (Å²) in [5.74, 6) is 1.18. The van der Waals surface area contributed by atoms with Crippen LogP contribution in [0.25, 0.3) is 0 Å². The van der Waals surface area contributed by atoms with Gasteiger partial charge in [-0.25, -0.2) is 0 Å². The van der Waals surface area contributed by atoms with Crippen LogP contribution in [0.5, 0.6) is 5.75 Å². The molecule has 0 saturated carbocycles. The second kappa shape index (κ2) is 7.82. The average molecular weight is 319 g/mol. The van der Waals surface area contributed by atoms with E-state index >= 15 is 0 Å². The van der Waals surface area contributed by atoms with Gasteiger partial charge >= 0.3 is 0 Å². The van der Waals surface area contributed by atoms with Crippen molar-refractivity contribution < 1.29 is 14.6 Å². The van der Waals surface area contributed by atoms with Crippen molar-refractivity contribution in [3.63, 3.8) is 0 Å². The SMILES string of the molecule is CCC1(CO)CCN(C(=O)CC(C)c2ccccc2OC)CC1. The third-order valence-electron chi connectivity index (χ3n) is 5.41. The number of amides is 1. The van der Waals surface area contributed by atoms with Crippen molar-refractivity contribution in [1.29, 1.82) is 0 Å². The van der Waals surface area contributed by atoms with Gasteiger partial charge in [-0.15, -0.1) is 0 Å². The van der Waals surface area contributed by atoms with Gasteiger partial charge in [-0.2, -0.15) is 0 Å². The highest BCUT2D eigenvalue weighted by Gasteiger charge is 2.34. The fraction of sp³-hybridized carbons (Fsp3) is 0.632. The number of piperidine rings is 1. The van der Waals surface area contributed by atoms with Crippen molar-refractivity contribution in [3.8, 4) is 5.75 Å². The van der Waals surface area contributed by atoms with Gasteiger partial charge in [-0.1, -0.05) is 32.0 Å². The molecule has 1 atom stereocenters.